The van der Waals surface area contributed by atoms with Crippen LogP contribution in [0.2, 0.25) is 0 Å². The quantitative estimate of drug-likeness (QED) is 0.772. The predicted octanol–water partition coefficient (Wildman–Crippen LogP) is 0.316. The van der Waals surface area contributed by atoms with Gasteiger partial charge in [0.1, 0.15) is 11.5 Å². The molecule has 7 heteroatoms. The van der Waals surface area contributed by atoms with Gasteiger partial charge in [-0.05, 0) is 19.1 Å². The van der Waals surface area contributed by atoms with Crippen molar-refractivity contribution in [2.24, 2.45) is 0 Å². The van der Waals surface area contributed by atoms with E-state index < -0.39 is 29.4 Å². The fraction of sp³-hybridized carbons (Fsp3) is 0.200. The second kappa shape index (κ2) is 4.36. The van der Waals surface area contributed by atoms with E-state index in [1.165, 1.54) is 6.92 Å². The average Bonchev–Trinajstić information content (AvgIpc) is 2.15. The number of hydrogen-bond donors (Lipinski definition) is 1. The van der Waals surface area contributed by atoms with E-state index in [0.717, 1.165) is 12.1 Å². The Bertz CT molecular complexity index is 470. The first-order valence-corrected chi connectivity index (χ1v) is 4.36. The van der Waals surface area contributed by atoms with Crippen molar-refractivity contribution in [3.8, 4) is 11.5 Å². The Morgan fingerprint density at radius 3 is 2.41 bits per heavy atom. The van der Waals surface area contributed by atoms with Crippen molar-refractivity contribution in [2.45, 2.75) is 13.0 Å². The molecule has 0 heterocycles. The van der Waals surface area contributed by atoms with Gasteiger partial charge in [0, 0.05) is 6.07 Å². The lowest BCUT2D eigenvalue weighted by Crippen LogP contribution is -2.45. The summed E-state index contributed by atoms with van der Waals surface area (Å²) in [6.45, 7) is 1.17. The minimum absolute atomic E-state index is 0.0888. The lowest BCUT2D eigenvalue weighted by molar-refractivity contribution is -0.350. The summed E-state index contributed by atoms with van der Waals surface area (Å²) in [4.78, 5) is 20.9. The number of aliphatic carboxylic acids is 1. The van der Waals surface area contributed by atoms with Crippen molar-refractivity contribution in [3.63, 3.8) is 0 Å². The van der Waals surface area contributed by atoms with Crippen LogP contribution in [0.3, 0.4) is 0 Å². The smallest absolute Gasteiger partial charge is 0.441 e. The van der Waals surface area contributed by atoms with Gasteiger partial charge in [0.2, 0.25) is 0 Å². The molecule has 1 aromatic carbocycles. The molecule has 0 unspecified atom stereocenters. The largest absolute Gasteiger partial charge is 0.541 e. The molecule has 0 saturated carbocycles. The number of ether oxygens (including phenoxy) is 1. The van der Waals surface area contributed by atoms with E-state index in [0.29, 0.717) is 6.07 Å². The summed E-state index contributed by atoms with van der Waals surface area (Å²) < 4.78 is 29.0. The van der Waals surface area contributed by atoms with E-state index in [1.807, 2.05) is 0 Å². The minimum atomic E-state index is -4.51. The fourth-order valence-electron chi connectivity index (χ4n) is 1.06. The Labute approximate surface area is 94.2 Å². The number of phenolic OH excluding ortho intramolecular Hbond substituents is 1. The van der Waals surface area contributed by atoms with Crippen LogP contribution in [0.1, 0.15) is 17.3 Å². The molecule has 0 radical (unpaired) electrons. The fourth-order valence-corrected chi connectivity index (χ4v) is 1.06. The zero-order valence-electron chi connectivity index (χ0n) is 8.57. The van der Waals surface area contributed by atoms with Crippen LogP contribution in [0.15, 0.2) is 18.2 Å². The molecule has 5 nitrogen and oxygen atoms in total. The molecule has 1 N–H and O–H groups in total. The molecule has 0 amide bonds. The first-order valence-electron chi connectivity index (χ1n) is 4.36. The Kier molecular flexibility index (Phi) is 3.31. The normalized spacial score (nSPS) is 11.0. The monoisotopic (exact) mass is 245 g/mol. The van der Waals surface area contributed by atoms with Crippen LogP contribution in [0, 0.1) is 0 Å². The van der Waals surface area contributed by atoms with Crippen LogP contribution in [-0.4, -0.2) is 23.0 Å². The van der Waals surface area contributed by atoms with Crippen molar-refractivity contribution < 1.29 is 33.3 Å². The molecule has 1 aromatic rings. The molecule has 0 saturated heterocycles. The number of carbonyl (C=O) groups excluding carboxylic acids is 2. The maximum atomic E-state index is 12.6. The number of carboxylic acids is 1. The Morgan fingerprint density at radius 2 is 2.00 bits per heavy atom. The average molecular weight is 245 g/mol. The van der Waals surface area contributed by atoms with Crippen molar-refractivity contribution in [3.05, 3.63) is 23.8 Å². The van der Waals surface area contributed by atoms with Crippen LogP contribution >= 0.6 is 0 Å². The van der Waals surface area contributed by atoms with Gasteiger partial charge in [0.25, 0.3) is 0 Å². The second-order valence-electron chi connectivity index (χ2n) is 3.14. The lowest BCUT2D eigenvalue weighted by Gasteiger charge is -2.18. The summed E-state index contributed by atoms with van der Waals surface area (Å²) in [5.74, 6) is -4.35. The lowest BCUT2D eigenvalue weighted by atomic mass is 10.1. The molecular formula is C10H7F2O5-. The van der Waals surface area contributed by atoms with Gasteiger partial charge >= 0.3 is 6.11 Å². The Balaban J connectivity index is 2.99. The van der Waals surface area contributed by atoms with Crippen molar-refractivity contribution in [1.82, 2.24) is 0 Å². The topological polar surface area (TPSA) is 86.7 Å². The number of hydrogen-bond acceptors (Lipinski definition) is 5. The molecular weight excluding hydrogens is 238 g/mol. The third-order valence-electron chi connectivity index (χ3n) is 1.83. The van der Waals surface area contributed by atoms with E-state index in [1.54, 1.807) is 0 Å². The molecule has 0 atom stereocenters. The molecule has 0 aliphatic carbocycles. The number of rotatable bonds is 4. The van der Waals surface area contributed by atoms with Gasteiger partial charge in [0.15, 0.2) is 11.8 Å². The highest BCUT2D eigenvalue weighted by Gasteiger charge is 2.34. The number of ketones is 1. The summed E-state index contributed by atoms with van der Waals surface area (Å²) in [6.07, 6.45) is -4.51. The number of phenols is 1. The number of aromatic hydroxyl groups is 1. The van der Waals surface area contributed by atoms with Crippen molar-refractivity contribution in [2.75, 3.05) is 0 Å². The third-order valence-corrected chi connectivity index (χ3v) is 1.83. The first-order chi connectivity index (χ1) is 7.74. The highest BCUT2D eigenvalue weighted by Crippen LogP contribution is 2.27. The SMILES string of the molecule is CC(=O)c1ccc(OC(F)(F)C(=O)[O-])cc1O. The maximum Gasteiger partial charge on any atom is 0.441 e. The standard InChI is InChI=1S/C10H8F2O5/c1-5(13)7-3-2-6(4-8(7)14)17-10(11,12)9(15)16/h2-4,14H,1H3,(H,15,16)/p-1. The molecule has 0 spiro atoms. The number of halogens is 2. The van der Waals surface area contributed by atoms with Crippen LogP contribution in [-0.2, 0) is 4.79 Å². The van der Waals surface area contributed by atoms with E-state index in [4.69, 9.17) is 0 Å². The number of alkyl halides is 2. The van der Waals surface area contributed by atoms with Gasteiger partial charge in [0.05, 0.1) is 5.56 Å². The van der Waals surface area contributed by atoms with Crippen LogP contribution in [0.4, 0.5) is 8.78 Å². The molecule has 17 heavy (non-hydrogen) atoms. The van der Waals surface area contributed by atoms with Gasteiger partial charge in [-0.15, -0.1) is 0 Å². The zero-order valence-corrected chi connectivity index (χ0v) is 8.57. The van der Waals surface area contributed by atoms with Crippen LogP contribution in [0.5, 0.6) is 11.5 Å². The summed E-state index contributed by atoms with van der Waals surface area (Å²) in [5.41, 5.74) is -0.0888. The molecule has 0 aliphatic rings. The highest BCUT2D eigenvalue weighted by atomic mass is 19.3. The highest BCUT2D eigenvalue weighted by molar-refractivity contribution is 5.96. The molecule has 0 fully saturated rings. The summed E-state index contributed by atoms with van der Waals surface area (Å²) >= 11 is 0. The number of carbonyl (C=O) groups is 2. The van der Waals surface area contributed by atoms with E-state index in [9.17, 15) is 28.6 Å². The van der Waals surface area contributed by atoms with Gasteiger partial charge in [-0.1, -0.05) is 0 Å². The summed E-state index contributed by atoms with van der Waals surface area (Å²) in [6, 6.07) is 2.69. The van der Waals surface area contributed by atoms with Crippen LogP contribution in [0.25, 0.3) is 0 Å². The summed E-state index contributed by atoms with van der Waals surface area (Å²) in [7, 11) is 0. The maximum absolute atomic E-state index is 12.6. The van der Waals surface area contributed by atoms with Gasteiger partial charge in [-0.25, -0.2) is 0 Å². The number of carboxylic acid groups (broad SMARTS) is 1. The number of benzene rings is 1. The molecule has 1 rings (SSSR count). The molecule has 0 aromatic heterocycles. The molecule has 0 aliphatic heterocycles. The predicted molar refractivity (Wildman–Crippen MR) is 48.7 cm³/mol. The molecule has 92 valence electrons. The van der Waals surface area contributed by atoms with Crippen LogP contribution < -0.4 is 9.84 Å². The molecule has 0 bridgehead atoms. The van der Waals surface area contributed by atoms with E-state index in [-0.39, 0.29) is 5.56 Å². The van der Waals surface area contributed by atoms with E-state index in [2.05, 4.69) is 4.74 Å². The Morgan fingerprint density at radius 1 is 1.41 bits per heavy atom. The second-order valence-corrected chi connectivity index (χ2v) is 3.14. The minimum Gasteiger partial charge on any atom is -0.541 e. The summed E-state index contributed by atoms with van der Waals surface area (Å²) in [5, 5.41) is 19.3. The first kappa shape index (κ1) is 12.9. The van der Waals surface area contributed by atoms with Crippen molar-refractivity contribution in [1.29, 1.82) is 0 Å². The number of Topliss-reactive ketones (excluding diaryl/α,β-unsaturated/α-hetero) is 1. The van der Waals surface area contributed by atoms with E-state index >= 15 is 0 Å². The van der Waals surface area contributed by atoms with Gasteiger partial charge < -0.3 is 19.7 Å². The van der Waals surface area contributed by atoms with Gasteiger partial charge in [-0.3, -0.25) is 4.79 Å². The van der Waals surface area contributed by atoms with Gasteiger partial charge in [-0.2, -0.15) is 8.78 Å². The van der Waals surface area contributed by atoms with Crippen molar-refractivity contribution >= 4 is 11.8 Å². The Hall–Kier alpha value is -2.18. The third kappa shape index (κ3) is 2.90. The zero-order chi connectivity index (χ0) is 13.2.